The summed E-state index contributed by atoms with van der Waals surface area (Å²) < 4.78 is 28.3. The monoisotopic (exact) mass is 250 g/mol. The van der Waals surface area contributed by atoms with Crippen LogP contribution < -0.4 is 5.32 Å². The van der Waals surface area contributed by atoms with Gasteiger partial charge in [0.1, 0.15) is 6.61 Å². The summed E-state index contributed by atoms with van der Waals surface area (Å²) >= 11 is 0. The third-order valence-corrected chi connectivity index (χ3v) is 2.61. The maximum Gasteiger partial charge on any atom is 0.261 e. The second-order valence-corrected chi connectivity index (χ2v) is 4.48. The zero-order valence-electron chi connectivity index (χ0n) is 10.3. The lowest BCUT2D eigenvalue weighted by molar-refractivity contribution is -0.134. The number of nitrogens with one attached hydrogen (secondary N) is 1. The van der Waals surface area contributed by atoms with Crippen molar-refractivity contribution in [2.45, 2.75) is 38.8 Å². The van der Waals surface area contributed by atoms with Gasteiger partial charge in [-0.05, 0) is 13.8 Å². The number of hydrogen-bond acceptors (Lipinski definition) is 3. The Morgan fingerprint density at radius 3 is 2.53 bits per heavy atom. The molecule has 0 saturated carbocycles. The molecule has 1 aliphatic heterocycles. The Bertz CT molecular complexity index is 242. The number of carbonyl (C=O) groups excluding carboxylic acids is 1. The van der Waals surface area contributed by atoms with Gasteiger partial charge in [0.2, 0.25) is 5.91 Å². The summed E-state index contributed by atoms with van der Waals surface area (Å²) in [5, 5.41) is 3.32. The predicted octanol–water partition coefficient (Wildman–Crippen LogP) is 0.867. The molecule has 0 radical (unpaired) electrons. The second-order valence-electron chi connectivity index (χ2n) is 4.48. The number of carbonyl (C=O) groups is 1. The summed E-state index contributed by atoms with van der Waals surface area (Å²) in [6.07, 6.45) is -2.30. The standard InChI is InChI=1S/C11H20F2N2O2/c1-8-5-15(6-9(2)14-8)11(16)3-4-17-7-10(12)13/h8-10,14H,3-7H2,1-2H3. The molecule has 100 valence electrons. The zero-order valence-corrected chi connectivity index (χ0v) is 10.3. The average Bonchev–Trinajstić information content (AvgIpc) is 2.22. The van der Waals surface area contributed by atoms with Gasteiger partial charge in [0.25, 0.3) is 6.43 Å². The smallest absolute Gasteiger partial charge is 0.261 e. The van der Waals surface area contributed by atoms with Crippen LogP contribution in [0, 0.1) is 0 Å². The number of nitrogens with zero attached hydrogens (tertiary/aromatic N) is 1. The van der Waals surface area contributed by atoms with E-state index >= 15 is 0 Å². The number of piperazine rings is 1. The van der Waals surface area contributed by atoms with Gasteiger partial charge in [-0.25, -0.2) is 8.78 Å². The van der Waals surface area contributed by atoms with Crippen molar-refractivity contribution in [2.75, 3.05) is 26.3 Å². The molecule has 0 bridgehead atoms. The molecule has 1 N–H and O–H groups in total. The van der Waals surface area contributed by atoms with Crippen LogP contribution in [0.3, 0.4) is 0 Å². The van der Waals surface area contributed by atoms with Crippen LogP contribution in [0.5, 0.6) is 0 Å². The first-order chi connectivity index (χ1) is 7.99. The van der Waals surface area contributed by atoms with Crippen molar-refractivity contribution in [1.29, 1.82) is 0 Å². The Balaban J connectivity index is 2.22. The Hall–Kier alpha value is -0.750. The van der Waals surface area contributed by atoms with E-state index in [0.29, 0.717) is 13.1 Å². The molecule has 1 fully saturated rings. The highest BCUT2D eigenvalue weighted by Crippen LogP contribution is 2.06. The summed E-state index contributed by atoms with van der Waals surface area (Å²) in [6.45, 7) is 4.83. The number of amides is 1. The number of rotatable bonds is 5. The summed E-state index contributed by atoms with van der Waals surface area (Å²) in [6, 6.07) is 0.536. The van der Waals surface area contributed by atoms with Gasteiger partial charge in [0.05, 0.1) is 13.0 Å². The number of hydrogen-bond donors (Lipinski definition) is 1. The molecule has 6 heteroatoms. The largest absolute Gasteiger partial charge is 0.375 e. The first-order valence-electron chi connectivity index (χ1n) is 5.88. The van der Waals surface area contributed by atoms with Gasteiger partial charge in [-0.1, -0.05) is 0 Å². The van der Waals surface area contributed by atoms with E-state index < -0.39 is 13.0 Å². The van der Waals surface area contributed by atoms with E-state index in [1.54, 1.807) is 4.90 Å². The lowest BCUT2D eigenvalue weighted by atomic mass is 10.1. The van der Waals surface area contributed by atoms with E-state index in [9.17, 15) is 13.6 Å². The van der Waals surface area contributed by atoms with Crippen LogP contribution in [0.15, 0.2) is 0 Å². The Labute approximate surface area is 100 Å². The minimum atomic E-state index is -2.47. The van der Waals surface area contributed by atoms with Gasteiger partial charge in [-0.2, -0.15) is 0 Å². The van der Waals surface area contributed by atoms with E-state index in [4.69, 9.17) is 4.74 Å². The molecule has 0 spiro atoms. The summed E-state index contributed by atoms with van der Waals surface area (Å²) in [7, 11) is 0. The topological polar surface area (TPSA) is 41.6 Å². The third-order valence-electron chi connectivity index (χ3n) is 2.61. The van der Waals surface area contributed by atoms with Crippen LogP contribution in [0.2, 0.25) is 0 Å². The highest BCUT2D eigenvalue weighted by molar-refractivity contribution is 5.76. The highest BCUT2D eigenvalue weighted by Gasteiger charge is 2.24. The molecule has 1 rings (SSSR count). The molecular weight excluding hydrogens is 230 g/mol. The lowest BCUT2D eigenvalue weighted by Gasteiger charge is -2.36. The first-order valence-corrected chi connectivity index (χ1v) is 5.88. The van der Waals surface area contributed by atoms with Gasteiger partial charge in [-0.15, -0.1) is 0 Å². The fourth-order valence-electron chi connectivity index (χ4n) is 2.02. The van der Waals surface area contributed by atoms with Crippen molar-refractivity contribution in [3.63, 3.8) is 0 Å². The van der Waals surface area contributed by atoms with Crippen molar-refractivity contribution in [3.8, 4) is 0 Å². The minimum absolute atomic E-state index is 0.0283. The highest BCUT2D eigenvalue weighted by atomic mass is 19.3. The molecule has 0 aromatic heterocycles. The molecule has 1 aliphatic rings. The summed E-state index contributed by atoms with van der Waals surface area (Å²) in [4.78, 5) is 13.5. The van der Waals surface area contributed by atoms with Crippen LogP contribution in [0.25, 0.3) is 0 Å². The molecule has 2 atom stereocenters. The van der Waals surface area contributed by atoms with Gasteiger partial charge >= 0.3 is 0 Å². The SMILES string of the molecule is CC1CN(C(=O)CCOCC(F)F)CC(C)N1. The van der Waals surface area contributed by atoms with E-state index in [1.165, 1.54) is 0 Å². The van der Waals surface area contributed by atoms with Crippen LogP contribution in [0.1, 0.15) is 20.3 Å². The molecule has 1 heterocycles. The quantitative estimate of drug-likeness (QED) is 0.736. The second kappa shape index (κ2) is 6.86. The minimum Gasteiger partial charge on any atom is -0.375 e. The van der Waals surface area contributed by atoms with Gasteiger partial charge < -0.3 is 15.0 Å². The van der Waals surface area contributed by atoms with E-state index in [2.05, 4.69) is 5.32 Å². The van der Waals surface area contributed by atoms with Crippen molar-refractivity contribution >= 4 is 5.91 Å². The Morgan fingerprint density at radius 1 is 1.41 bits per heavy atom. The Kier molecular flexibility index (Phi) is 5.77. The number of ether oxygens (including phenoxy) is 1. The molecule has 0 aliphatic carbocycles. The molecule has 1 saturated heterocycles. The first kappa shape index (κ1) is 14.3. The predicted molar refractivity (Wildman–Crippen MR) is 60.1 cm³/mol. The molecule has 1 amide bonds. The van der Waals surface area contributed by atoms with Crippen molar-refractivity contribution in [2.24, 2.45) is 0 Å². The molecule has 2 unspecified atom stereocenters. The van der Waals surface area contributed by atoms with Gasteiger partial charge in [-0.3, -0.25) is 4.79 Å². The van der Waals surface area contributed by atoms with E-state index in [1.807, 2.05) is 13.8 Å². The van der Waals surface area contributed by atoms with Gasteiger partial charge in [0.15, 0.2) is 0 Å². The molecular formula is C11H20F2N2O2. The van der Waals surface area contributed by atoms with Crippen molar-refractivity contribution < 1.29 is 18.3 Å². The van der Waals surface area contributed by atoms with Crippen LogP contribution in [-0.4, -0.2) is 55.6 Å². The van der Waals surface area contributed by atoms with Gasteiger partial charge in [0, 0.05) is 25.2 Å². The van der Waals surface area contributed by atoms with Crippen LogP contribution >= 0.6 is 0 Å². The number of alkyl halides is 2. The molecule has 17 heavy (non-hydrogen) atoms. The molecule has 0 aromatic rings. The maximum absolute atomic E-state index is 11.8. The lowest BCUT2D eigenvalue weighted by Crippen LogP contribution is -2.55. The molecule has 4 nitrogen and oxygen atoms in total. The molecule has 0 aromatic carbocycles. The van der Waals surface area contributed by atoms with E-state index in [0.717, 1.165) is 0 Å². The Morgan fingerprint density at radius 2 is 2.00 bits per heavy atom. The maximum atomic E-state index is 11.8. The van der Waals surface area contributed by atoms with Crippen LogP contribution in [0.4, 0.5) is 8.78 Å². The fraction of sp³-hybridized carbons (Fsp3) is 0.909. The summed E-state index contributed by atoms with van der Waals surface area (Å²) in [5.74, 6) is -0.0283. The summed E-state index contributed by atoms with van der Waals surface area (Å²) in [5.41, 5.74) is 0. The fourth-order valence-corrected chi connectivity index (χ4v) is 2.02. The number of halogens is 2. The average molecular weight is 250 g/mol. The van der Waals surface area contributed by atoms with Crippen molar-refractivity contribution in [1.82, 2.24) is 10.2 Å². The third kappa shape index (κ3) is 5.41. The van der Waals surface area contributed by atoms with Crippen LogP contribution in [-0.2, 0) is 9.53 Å². The normalized spacial score (nSPS) is 25.4. The van der Waals surface area contributed by atoms with Crippen molar-refractivity contribution in [3.05, 3.63) is 0 Å². The van der Waals surface area contributed by atoms with E-state index in [-0.39, 0.29) is 31.0 Å². The zero-order chi connectivity index (χ0) is 12.8.